The lowest BCUT2D eigenvalue weighted by Gasteiger charge is -2.26. The van der Waals surface area contributed by atoms with E-state index >= 15 is 0 Å². The van der Waals surface area contributed by atoms with Crippen LogP contribution in [0.3, 0.4) is 0 Å². The van der Waals surface area contributed by atoms with Crippen molar-refractivity contribution < 1.29 is 14.3 Å². The number of hydrogen-bond acceptors (Lipinski definition) is 9. The van der Waals surface area contributed by atoms with E-state index in [0.29, 0.717) is 29.4 Å². The Morgan fingerprint density at radius 3 is 2.78 bits per heavy atom. The smallest absolute Gasteiger partial charge is 0.247 e. The van der Waals surface area contributed by atoms with Gasteiger partial charge in [0.2, 0.25) is 5.91 Å². The van der Waals surface area contributed by atoms with Crippen molar-refractivity contribution in [2.75, 3.05) is 50.1 Å². The van der Waals surface area contributed by atoms with Crippen LogP contribution in [0.1, 0.15) is 6.42 Å². The van der Waals surface area contributed by atoms with Crippen molar-refractivity contribution in [3.8, 4) is 11.4 Å². The third kappa shape index (κ3) is 6.08. The van der Waals surface area contributed by atoms with Crippen LogP contribution in [0, 0.1) is 0 Å². The fraction of sp³-hybridized carbons (Fsp3) is 0.269. The summed E-state index contributed by atoms with van der Waals surface area (Å²) < 4.78 is 11.5. The van der Waals surface area contributed by atoms with E-state index in [9.17, 15) is 4.79 Å². The number of morpholine rings is 1. The van der Waals surface area contributed by atoms with Crippen LogP contribution in [0.25, 0.3) is 16.6 Å². The summed E-state index contributed by atoms with van der Waals surface area (Å²) in [7, 11) is 0. The summed E-state index contributed by atoms with van der Waals surface area (Å²) in [6.07, 6.45) is 6.82. The van der Waals surface area contributed by atoms with Gasteiger partial charge in [0.05, 0.1) is 49.1 Å². The van der Waals surface area contributed by atoms with Gasteiger partial charge < -0.3 is 20.1 Å². The zero-order valence-corrected chi connectivity index (χ0v) is 20.3. The van der Waals surface area contributed by atoms with Crippen LogP contribution in [0.5, 0.6) is 5.75 Å². The van der Waals surface area contributed by atoms with Crippen LogP contribution in [-0.2, 0) is 9.53 Å². The molecule has 0 spiro atoms. The second-order valence-corrected chi connectivity index (χ2v) is 8.43. The number of hydrogen-bond donors (Lipinski definition) is 2. The van der Waals surface area contributed by atoms with Gasteiger partial charge in [-0.05, 0) is 36.8 Å². The Morgan fingerprint density at radius 2 is 1.97 bits per heavy atom. The number of rotatable bonds is 10. The zero-order valence-electron chi connectivity index (χ0n) is 20.3. The number of benzene rings is 2. The Bertz CT molecular complexity index is 1370. The number of carbonyl (C=O) groups is 1. The van der Waals surface area contributed by atoms with Crippen LogP contribution < -0.4 is 15.4 Å². The van der Waals surface area contributed by atoms with E-state index in [1.165, 1.54) is 17.2 Å². The van der Waals surface area contributed by atoms with Gasteiger partial charge in [-0.15, -0.1) is 0 Å². The van der Waals surface area contributed by atoms with Gasteiger partial charge >= 0.3 is 0 Å². The zero-order chi connectivity index (χ0) is 25.5. The molecular formula is C26H28N8O3. The first kappa shape index (κ1) is 24.3. The number of amides is 1. The first-order valence-corrected chi connectivity index (χ1v) is 12.1. The molecule has 190 valence electrons. The van der Waals surface area contributed by atoms with E-state index in [2.05, 4.69) is 42.3 Å². The van der Waals surface area contributed by atoms with Crippen molar-refractivity contribution in [1.82, 2.24) is 29.9 Å². The molecule has 0 atom stereocenters. The molecule has 1 saturated heterocycles. The van der Waals surface area contributed by atoms with E-state index in [1.807, 2.05) is 36.4 Å². The molecular weight excluding hydrogens is 472 g/mol. The Hall–Kier alpha value is -4.35. The standard InChI is InChI=1S/C26H28N8O3/c1-2-25(35)32-23-16-21-22(17-24(23)37-12-4-9-33-10-13-36-14-11-33)27-18-28-26(21)31-19-5-3-6-20(15-19)34-29-7-8-30-34/h2-3,5-8,15-18H,1,4,9-14H2,(H,32,35)(H,27,28,31). The lowest BCUT2D eigenvalue weighted by atomic mass is 10.1. The molecule has 2 aromatic heterocycles. The quantitative estimate of drug-likeness (QED) is 0.250. The highest BCUT2D eigenvalue weighted by atomic mass is 16.5. The monoisotopic (exact) mass is 500 g/mol. The fourth-order valence-corrected chi connectivity index (χ4v) is 4.07. The van der Waals surface area contributed by atoms with Crippen molar-refractivity contribution in [2.24, 2.45) is 0 Å². The average molecular weight is 501 g/mol. The van der Waals surface area contributed by atoms with Gasteiger partial charge in [0, 0.05) is 36.8 Å². The minimum Gasteiger partial charge on any atom is -0.491 e. The van der Waals surface area contributed by atoms with Crippen LogP contribution in [-0.4, -0.2) is 75.2 Å². The maximum absolute atomic E-state index is 12.2. The Labute approximate surface area is 214 Å². The molecule has 2 aromatic carbocycles. The number of anilines is 3. The molecule has 1 aliphatic heterocycles. The number of nitrogens with zero attached hydrogens (tertiary/aromatic N) is 6. The molecule has 2 N–H and O–H groups in total. The lowest BCUT2D eigenvalue weighted by molar-refractivity contribution is -0.111. The highest BCUT2D eigenvalue weighted by Crippen LogP contribution is 2.33. The first-order valence-electron chi connectivity index (χ1n) is 12.1. The number of ether oxygens (including phenoxy) is 2. The van der Waals surface area contributed by atoms with Crippen molar-refractivity contribution >= 4 is 34.0 Å². The van der Waals surface area contributed by atoms with Gasteiger partial charge in [0.25, 0.3) is 0 Å². The summed E-state index contributed by atoms with van der Waals surface area (Å²) >= 11 is 0. The SMILES string of the molecule is C=CC(=O)Nc1cc2c(Nc3cccc(-n4nccn4)c3)ncnc2cc1OCCCN1CCOCC1. The van der Waals surface area contributed by atoms with Crippen molar-refractivity contribution in [3.05, 3.63) is 67.8 Å². The molecule has 1 aliphatic rings. The van der Waals surface area contributed by atoms with E-state index in [1.54, 1.807) is 12.4 Å². The Kier molecular flexibility index (Phi) is 7.63. The van der Waals surface area contributed by atoms with Crippen molar-refractivity contribution in [2.45, 2.75) is 6.42 Å². The highest BCUT2D eigenvalue weighted by Gasteiger charge is 2.14. The molecule has 0 unspecified atom stereocenters. The topological polar surface area (TPSA) is 119 Å². The largest absolute Gasteiger partial charge is 0.491 e. The minimum atomic E-state index is -0.330. The lowest BCUT2D eigenvalue weighted by Crippen LogP contribution is -2.37. The summed E-state index contributed by atoms with van der Waals surface area (Å²) in [5.74, 6) is 0.799. The van der Waals surface area contributed by atoms with Gasteiger partial charge in [0.15, 0.2) is 0 Å². The molecule has 0 radical (unpaired) electrons. The molecule has 0 saturated carbocycles. The van der Waals surface area contributed by atoms with Crippen molar-refractivity contribution in [3.63, 3.8) is 0 Å². The molecule has 1 amide bonds. The Morgan fingerprint density at radius 1 is 1.14 bits per heavy atom. The second-order valence-electron chi connectivity index (χ2n) is 8.43. The summed E-state index contributed by atoms with van der Waals surface area (Å²) in [5, 5.41) is 15.3. The third-order valence-electron chi connectivity index (χ3n) is 5.92. The maximum Gasteiger partial charge on any atom is 0.247 e. The van der Waals surface area contributed by atoms with Crippen LogP contribution in [0.4, 0.5) is 17.2 Å². The number of carbonyl (C=O) groups excluding carboxylic acids is 1. The highest BCUT2D eigenvalue weighted by molar-refractivity contribution is 6.03. The summed E-state index contributed by atoms with van der Waals surface area (Å²) in [5.41, 5.74) is 2.81. The number of nitrogens with one attached hydrogen (secondary N) is 2. The molecule has 5 rings (SSSR count). The van der Waals surface area contributed by atoms with Crippen molar-refractivity contribution in [1.29, 1.82) is 0 Å². The second kappa shape index (κ2) is 11.6. The molecule has 11 heteroatoms. The van der Waals surface area contributed by atoms with E-state index < -0.39 is 0 Å². The molecule has 11 nitrogen and oxygen atoms in total. The first-order chi connectivity index (χ1) is 18.2. The van der Waals surface area contributed by atoms with Gasteiger partial charge in [0.1, 0.15) is 17.9 Å². The predicted octanol–water partition coefficient (Wildman–Crippen LogP) is 3.18. The van der Waals surface area contributed by atoms with Crippen LogP contribution in [0.2, 0.25) is 0 Å². The average Bonchev–Trinajstić information content (AvgIpc) is 3.48. The van der Waals surface area contributed by atoms with Gasteiger partial charge in [-0.25, -0.2) is 9.97 Å². The molecule has 1 fully saturated rings. The molecule has 37 heavy (non-hydrogen) atoms. The van der Waals surface area contributed by atoms with Gasteiger partial charge in [-0.3, -0.25) is 9.69 Å². The summed E-state index contributed by atoms with van der Waals surface area (Å²) in [6, 6.07) is 11.3. The summed E-state index contributed by atoms with van der Waals surface area (Å²) in [4.78, 5) is 24.9. The van der Waals surface area contributed by atoms with E-state index in [0.717, 1.165) is 56.0 Å². The Balaban J connectivity index is 1.37. The van der Waals surface area contributed by atoms with Crippen LogP contribution >= 0.6 is 0 Å². The molecule has 3 heterocycles. The molecule has 0 aliphatic carbocycles. The van der Waals surface area contributed by atoms with E-state index in [4.69, 9.17) is 9.47 Å². The normalized spacial score (nSPS) is 13.8. The third-order valence-corrected chi connectivity index (χ3v) is 5.92. The summed E-state index contributed by atoms with van der Waals surface area (Å²) in [6.45, 7) is 8.40. The number of aromatic nitrogens is 5. The molecule has 4 aromatic rings. The minimum absolute atomic E-state index is 0.330. The van der Waals surface area contributed by atoms with E-state index in [-0.39, 0.29) is 5.91 Å². The molecule has 0 bridgehead atoms. The maximum atomic E-state index is 12.2. The predicted molar refractivity (Wildman–Crippen MR) is 140 cm³/mol. The fourth-order valence-electron chi connectivity index (χ4n) is 4.07. The van der Waals surface area contributed by atoms with Crippen LogP contribution in [0.15, 0.2) is 67.8 Å². The van der Waals surface area contributed by atoms with Gasteiger partial charge in [-0.2, -0.15) is 15.0 Å². The van der Waals surface area contributed by atoms with Gasteiger partial charge in [-0.1, -0.05) is 12.6 Å². The number of fused-ring (bicyclic) bond motifs is 1.